The lowest BCUT2D eigenvalue weighted by Gasteiger charge is -2.28. The van der Waals surface area contributed by atoms with Crippen LogP contribution in [-0.2, 0) is 0 Å². The summed E-state index contributed by atoms with van der Waals surface area (Å²) in [6.45, 7) is 4.05. The molecule has 0 spiro atoms. The first-order valence-electron chi connectivity index (χ1n) is 5.27. The zero-order valence-electron chi connectivity index (χ0n) is 10.6. The van der Waals surface area contributed by atoms with Crippen molar-refractivity contribution >= 4 is 5.69 Å². The standard InChI is InChI=1S/C12H18F2N2O/c1-12(2,15)7-16(3)10-5-9(14)11(17-4)6-8(10)13/h5-6H,7,15H2,1-4H3. The Morgan fingerprint density at radius 3 is 2.35 bits per heavy atom. The number of anilines is 1. The van der Waals surface area contributed by atoms with E-state index in [2.05, 4.69) is 0 Å². The zero-order valence-corrected chi connectivity index (χ0v) is 10.6. The molecule has 2 N–H and O–H groups in total. The van der Waals surface area contributed by atoms with Crippen LogP contribution < -0.4 is 15.4 Å². The van der Waals surface area contributed by atoms with E-state index < -0.39 is 17.2 Å². The summed E-state index contributed by atoms with van der Waals surface area (Å²) >= 11 is 0. The third-order valence-electron chi connectivity index (χ3n) is 2.28. The first kappa shape index (κ1) is 13.7. The highest BCUT2D eigenvalue weighted by Gasteiger charge is 2.18. The molecule has 0 atom stereocenters. The molecule has 0 saturated carbocycles. The van der Waals surface area contributed by atoms with Gasteiger partial charge in [-0.1, -0.05) is 0 Å². The van der Waals surface area contributed by atoms with Gasteiger partial charge in [-0.05, 0) is 13.8 Å². The topological polar surface area (TPSA) is 38.5 Å². The van der Waals surface area contributed by atoms with Crippen LogP contribution in [0.3, 0.4) is 0 Å². The second kappa shape index (κ2) is 4.87. The number of halogens is 2. The Morgan fingerprint density at radius 2 is 1.88 bits per heavy atom. The molecule has 1 aromatic rings. The monoisotopic (exact) mass is 244 g/mol. The Balaban J connectivity index is 3.02. The summed E-state index contributed by atoms with van der Waals surface area (Å²) in [6, 6.07) is 2.14. The molecule has 0 aromatic heterocycles. The third kappa shape index (κ3) is 3.56. The van der Waals surface area contributed by atoms with Gasteiger partial charge >= 0.3 is 0 Å². The van der Waals surface area contributed by atoms with Crippen LogP contribution >= 0.6 is 0 Å². The largest absolute Gasteiger partial charge is 0.494 e. The number of hydrogen-bond acceptors (Lipinski definition) is 3. The minimum absolute atomic E-state index is 0.105. The normalized spacial score (nSPS) is 11.5. The molecule has 0 aliphatic rings. The molecule has 0 aliphatic heterocycles. The minimum atomic E-state index is -0.592. The summed E-state index contributed by atoms with van der Waals surface area (Å²) in [4.78, 5) is 1.58. The van der Waals surface area contributed by atoms with E-state index in [1.54, 1.807) is 11.9 Å². The Morgan fingerprint density at radius 1 is 1.29 bits per heavy atom. The first-order valence-corrected chi connectivity index (χ1v) is 5.27. The lowest BCUT2D eigenvalue weighted by Crippen LogP contribution is -2.44. The lowest BCUT2D eigenvalue weighted by molar-refractivity contribution is 0.382. The van der Waals surface area contributed by atoms with Crippen LogP contribution in [0.4, 0.5) is 14.5 Å². The van der Waals surface area contributed by atoms with Crippen molar-refractivity contribution in [2.45, 2.75) is 19.4 Å². The fourth-order valence-corrected chi connectivity index (χ4v) is 1.66. The van der Waals surface area contributed by atoms with Crippen LogP contribution in [0.1, 0.15) is 13.8 Å². The molecule has 0 heterocycles. The molecule has 1 aromatic carbocycles. The summed E-state index contributed by atoms with van der Waals surface area (Å²) < 4.78 is 31.9. The molecule has 17 heavy (non-hydrogen) atoms. The summed E-state index contributed by atoms with van der Waals surface area (Å²) in [6.07, 6.45) is 0. The number of methoxy groups -OCH3 is 1. The number of ether oxygens (including phenoxy) is 1. The first-order chi connectivity index (χ1) is 7.74. The Hall–Kier alpha value is -1.36. The Labute approximate surface area is 100 Å². The molecule has 0 bridgehead atoms. The maximum absolute atomic E-state index is 13.7. The quantitative estimate of drug-likeness (QED) is 0.882. The van der Waals surface area contributed by atoms with Gasteiger partial charge in [0.05, 0.1) is 12.8 Å². The van der Waals surface area contributed by atoms with Crippen molar-refractivity contribution in [2.75, 3.05) is 25.6 Å². The number of likely N-dealkylation sites (N-methyl/N-ethyl adjacent to an activating group) is 1. The van der Waals surface area contributed by atoms with Crippen molar-refractivity contribution in [3.05, 3.63) is 23.8 Å². The minimum Gasteiger partial charge on any atom is -0.494 e. The van der Waals surface area contributed by atoms with E-state index in [1.165, 1.54) is 7.11 Å². The predicted octanol–water partition coefficient (Wildman–Crippen LogP) is 2.15. The number of hydrogen-bond donors (Lipinski definition) is 1. The van der Waals surface area contributed by atoms with Gasteiger partial charge in [0.2, 0.25) is 0 Å². The summed E-state index contributed by atoms with van der Waals surface area (Å²) in [7, 11) is 2.96. The van der Waals surface area contributed by atoms with Gasteiger partial charge in [-0.15, -0.1) is 0 Å². The summed E-state index contributed by atoms with van der Waals surface area (Å²) in [5, 5.41) is 0. The highest BCUT2D eigenvalue weighted by molar-refractivity contribution is 5.51. The van der Waals surface area contributed by atoms with Crippen molar-refractivity contribution in [3.8, 4) is 5.75 Å². The smallest absolute Gasteiger partial charge is 0.167 e. The van der Waals surface area contributed by atoms with Gasteiger partial charge in [0.1, 0.15) is 5.82 Å². The SMILES string of the molecule is COc1cc(F)c(N(C)CC(C)(C)N)cc1F. The number of nitrogens with two attached hydrogens (primary N) is 1. The molecule has 0 unspecified atom stereocenters. The van der Waals surface area contributed by atoms with Crippen LogP contribution in [0.5, 0.6) is 5.75 Å². The highest BCUT2D eigenvalue weighted by Crippen LogP contribution is 2.27. The van der Waals surface area contributed by atoms with Gasteiger partial charge in [-0.25, -0.2) is 8.78 Å². The van der Waals surface area contributed by atoms with Crippen LogP contribution in [0, 0.1) is 11.6 Å². The number of benzene rings is 1. The van der Waals surface area contributed by atoms with Gasteiger partial charge < -0.3 is 15.4 Å². The third-order valence-corrected chi connectivity index (χ3v) is 2.28. The molecule has 0 aliphatic carbocycles. The second-order valence-electron chi connectivity index (χ2n) is 4.78. The van der Waals surface area contributed by atoms with Gasteiger partial charge in [-0.3, -0.25) is 0 Å². The molecular weight excluding hydrogens is 226 g/mol. The maximum atomic E-state index is 13.7. The van der Waals surface area contributed by atoms with Crippen LogP contribution in [0.2, 0.25) is 0 Å². The van der Waals surface area contributed by atoms with E-state index in [-0.39, 0.29) is 11.4 Å². The molecular formula is C12H18F2N2O. The number of rotatable bonds is 4. The second-order valence-corrected chi connectivity index (χ2v) is 4.78. The van der Waals surface area contributed by atoms with E-state index in [0.717, 1.165) is 12.1 Å². The molecule has 0 saturated heterocycles. The molecule has 1 rings (SSSR count). The summed E-state index contributed by atoms with van der Waals surface area (Å²) in [5.74, 6) is -1.23. The average Bonchev–Trinajstić information content (AvgIpc) is 2.18. The Bertz CT molecular complexity index is 402. The van der Waals surface area contributed by atoms with Gasteiger partial charge in [0, 0.05) is 31.3 Å². The lowest BCUT2D eigenvalue weighted by atomic mass is 10.1. The predicted molar refractivity (Wildman–Crippen MR) is 64.4 cm³/mol. The van der Waals surface area contributed by atoms with Crippen molar-refractivity contribution in [1.29, 1.82) is 0 Å². The molecule has 0 amide bonds. The molecule has 96 valence electrons. The number of nitrogens with zero attached hydrogens (tertiary/aromatic N) is 1. The van der Waals surface area contributed by atoms with Crippen LogP contribution in [0.15, 0.2) is 12.1 Å². The van der Waals surface area contributed by atoms with Gasteiger partial charge in [0.25, 0.3) is 0 Å². The van der Waals surface area contributed by atoms with Crippen molar-refractivity contribution in [2.24, 2.45) is 5.73 Å². The van der Waals surface area contributed by atoms with Crippen LogP contribution in [0.25, 0.3) is 0 Å². The summed E-state index contributed by atoms with van der Waals surface area (Å²) in [5.41, 5.74) is 5.52. The average molecular weight is 244 g/mol. The van der Waals surface area contributed by atoms with Gasteiger partial charge in [-0.2, -0.15) is 0 Å². The van der Waals surface area contributed by atoms with E-state index in [0.29, 0.717) is 6.54 Å². The fourth-order valence-electron chi connectivity index (χ4n) is 1.66. The van der Waals surface area contributed by atoms with Crippen molar-refractivity contribution in [3.63, 3.8) is 0 Å². The van der Waals surface area contributed by atoms with Gasteiger partial charge in [0.15, 0.2) is 11.6 Å². The van der Waals surface area contributed by atoms with Crippen LogP contribution in [-0.4, -0.2) is 26.2 Å². The molecule has 5 heteroatoms. The van der Waals surface area contributed by atoms with Crippen molar-refractivity contribution < 1.29 is 13.5 Å². The Kier molecular flexibility index (Phi) is 3.93. The zero-order chi connectivity index (χ0) is 13.2. The fraction of sp³-hybridized carbons (Fsp3) is 0.500. The van der Waals surface area contributed by atoms with E-state index in [9.17, 15) is 8.78 Å². The van der Waals surface area contributed by atoms with E-state index >= 15 is 0 Å². The molecule has 3 nitrogen and oxygen atoms in total. The maximum Gasteiger partial charge on any atom is 0.167 e. The van der Waals surface area contributed by atoms with E-state index in [4.69, 9.17) is 10.5 Å². The molecule has 0 fully saturated rings. The highest BCUT2D eigenvalue weighted by atomic mass is 19.1. The van der Waals surface area contributed by atoms with Crippen molar-refractivity contribution in [1.82, 2.24) is 0 Å². The van der Waals surface area contributed by atoms with E-state index in [1.807, 2.05) is 13.8 Å². The molecule has 0 radical (unpaired) electrons.